The largest absolute Gasteiger partial charge is 0.494 e. The van der Waals surface area contributed by atoms with Crippen LogP contribution in [0.4, 0.5) is 10.1 Å². The van der Waals surface area contributed by atoms with Gasteiger partial charge in [0.1, 0.15) is 11.6 Å². The fraction of sp³-hybridized carbons (Fsp3) is 0.143. The second kappa shape index (κ2) is 5.27. The number of nitrogens with two attached hydrogens (primary N) is 1. The van der Waals surface area contributed by atoms with Crippen molar-refractivity contribution in [2.45, 2.75) is 6.92 Å². The number of anilines is 1. The molecule has 0 aliphatic heterocycles. The Morgan fingerprint density at radius 2 is 2.00 bits per heavy atom. The van der Waals surface area contributed by atoms with Gasteiger partial charge in [0.2, 0.25) is 0 Å². The minimum absolute atomic E-state index is 0.338. The first-order valence-electron chi connectivity index (χ1n) is 5.59. The van der Waals surface area contributed by atoms with Gasteiger partial charge >= 0.3 is 0 Å². The van der Waals surface area contributed by atoms with Crippen LogP contribution in [0.15, 0.2) is 36.4 Å². The molecule has 2 N–H and O–H groups in total. The van der Waals surface area contributed by atoms with Gasteiger partial charge in [-0.3, -0.25) is 0 Å². The van der Waals surface area contributed by atoms with Crippen molar-refractivity contribution >= 4 is 17.3 Å². The summed E-state index contributed by atoms with van der Waals surface area (Å²) in [4.78, 5) is 0. The van der Waals surface area contributed by atoms with Crippen molar-refractivity contribution in [2.75, 3.05) is 12.3 Å². The quantitative estimate of drug-likeness (QED) is 0.847. The summed E-state index contributed by atoms with van der Waals surface area (Å²) in [5.74, 6) is 0.308. The maximum Gasteiger partial charge on any atom is 0.123 e. The highest BCUT2D eigenvalue weighted by Gasteiger charge is 2.07. The average molecular weight is 266 g/mol. The fourth-order valence-electron chi connectivity index (χ4n) is 1.75. The van der Waals surface area contributed by atoms with Crippen LogP contribution in [0.1, 0.15) is 6.92 Å². The molecule has 0 spiro atoms. The highest BCUT2D eigenvalue weighted by Crippen LogP contribution is 2.32. The Labute approximate surface area is 110 Å². The summed E-state index contributed by atoms with van der Waals surface area (Å²) in [7, 11) is 0. The molecule has 2 nitrogen and oxygen atoms in total. The van der Waals surface area contributed by atoms with E-state index in [1.54, 1.807) is 18.2 Å². The van der Waals surface area contributed by atoms with Crippen LogP contribution in [0.2, 0.25) is 5.02 Å². The van der Waals surface area contributed by atoms with Gasteiger partial charge in [-0.15, -0.1) is 0 Å². The van der Waals surface area contributed by atoms with Gasteiger partial charge in [-0.05, 0) is 42.8 Å². The van der Waals surface area contributed by atoms with Crippen molar-refractivity contribution in [3.05, 3.63) is 47.2 Å². The van der Waals surface area contributed by atoms with Crippen LogP contribution in [0.3, 0.4) is 0 Å². The molecular weight excluding hydrogens is 253 g/mol. The number of halogens is 2. The second-order valence-electron chi connectivity index (χ2n) is 3.85. The van der Waals surface area contributed by atoms with E-state index in [9.17, 15) is 4.39 Å². The standard InChI is InChI=1S/C14H13ClFNO/c1-2-18-12-6-9(5-11(17)8-12)13-7-10(16)3-4-14(13)15/h3-8H,2,17H2,1H3. The average Bonchev–Trinajstić information content (AvgIpc) is 2.32. The Kier molecular flexibility index (Phi) is 3.72. The van der Waals surface area contributed by atoms with Gasteiger partial charge in [0, 0.05) is 22.3 Å². The molecule has 0 amide bonds. The maximum absolute atomic E-state index is 13.3. The lowest BCUT2D eigenvalue weighted by Crippen LogP contribution is -1.94. The third-order valence-electron chi connectivity index (χ3n) is 2.48. The lowest BCUT2D eigenvalue weighted by Gasteiger charge is -2.09. The molecule has 0 saturated carbocycles. The summed E-state index contributed by atoms with van der Waals surface area (Å²) < 4.78 is 18.7. The van der Waals surface area contributed by atoms with Crippen LogP contribution < -0.4 is 10.5 Å². The number of nitrogen functional groups attached to an aromatic ring is 1. The van der Waals surface area contributed by atoms with Crippen LogP contribution in [-0.4, -0.2) is 6.61 Å². The van der Waals surface area contributed by atoms with E-state index in [0.29, 0.717) is 28.6 Å². The highest BCUT2D eigenvalue weighted by atomic mass is 35.5. The Hall–Kier alpha value is -1.74. The molecule has 4 heteroatoms. The van der Waals surface area contributed by atoms with Crippen molar-refractivity contribution in [3.63, 3.8) is 0 Å². The van der Waals surface area contributed by atoms with Gasteiger partial charge in [-0.25, -0.2) is 4.39 Å². The van der Waals surface area contributed by atoms with E-state index in [1.807, 2.05) is 6.92 Å². The Balaban J connectivity index is 2.52. The first kappa shape index (κ1) is 12.7. The Morgan fingerprint density at radius 1 is 1.22 bits per heavy atom. The number of rotatable bonds is 3. The summed E-state index contributed by atoms with van der Waals surface area (Å²) in [5, 5.41) is 0.476. The number of benzene rings is 2. The molecule has 0 fully saturated rings. The molecule has 0 aliphatic rings. The second-order valence-corrected chi connectivity index (χ2v) is 4.26. The van der Waals surface area contributed by atoms with Gasteiger partial charge in [-0.2, -0.15) is 0 Å². The third-order valence-corrected chi connectivity index (χ3v) is 2.81. The molecule has 0 aromatic heterocycles. The number of hydrogen-bond donors (Lipinski definition) is 1. The minimum Gasteiger partial charge on any atom is -0.494 e. The molecule has 0 bridgehead atoms. The van der Waals surface area contributed by atoms with E-state index >= 15 is 0 Å². The van der Waals surface area contributed by atoms with Crippen LogP contribution in [-0.2, 0) is 0 Å². The third kappa shape index (κ3) is 2.74. The van der Waals surface area contributed by atoms with Crippen molar-refractivity contribution < 1.29 is 9.13 Å². The summed E-state index contributed by atoms with van der Waals surface area (Å²) in [6.07, 6.45) is 0. The first-order valence-corrected chi connectivity index (χ1v) is 5.96. The lowest BCUT2D eigenvalue weighted by molar-refractivity contribution is 0.340. The summed E-state index contributed by atoms with van der Waals surface area (Å²) in [5.41, 5.74) is 7.69. The van der Waals surface area contributed by atoms with Gasteiger partial charge in [0.05, 0.1) is 6.61 Å². The van der Waals surface area contributed by atoms with Gasteiger partial charge in [0.25, 0.3) is 0 Å². The van der Waals surface area contributed by atoms with Gasteiger partial charge in [0.15, 0.2) is 0 Å². The zero-order chi connectivity index (χ0) is 13.1. The number of hydrogen-bond acceptors (Lipinski definition) is 2. The molecule has 0 heterocycles. The predicted octanol–water partition coefficient (Wildman–Crippen LogP) is 4.13. The molecule has 0 saturated heterocycles. The zero-order valence-electron chi connectivity index (χ0n) is 9.91. The van der Waals surface area contributed by atoms with E-state index in [1.165, 1.54) is 18.2 Å². The van der Waals surface area contributed by atoms with Crippen LogP contribution in [0.5, 0.6) is 5.75 Å². The van der Waals surface area contributed by atoms with Crippen LogP contribution in [0.25, 0.3) is 11.1 Å². The number of ether oxygens (including phenoxy) is 1. The van der Waals surface area contributed by atoms with E-state index < -0.39 is 0 Å². The predicted molar refractivity (Wildman–Crippen MR) is 72.4 cm³/mol. The highest BCUT2D eigenvalue weighted by molar-refractivity contribution is 6.33. The van der Waals surface area contributed by atoms with Crippen LogP contribution >= 0.6 is 11.6 Å². The SMILES string of the molecule is CCOc1cc(N)cc(-c2cc(F)ccc2Cl)c1. The molecule has 0 aliphatic carbocycles. The minimum atomic E-state index is -0.338. The van der Waals surface area contributed by atoms with Crippen LogP contribution in [0, 0.1) is 5.82 Å². The zero-order valence-corrected chi connectivity index (χ0v) is 10.7. The van der Waals surface area contributed by atoms with Crippen molar-refractivity contribution in [3.8, 4) is 16.9 Å². The first-order chi connectivity index (χ1) is 8.60. The molecular formula is C14H13ClFNO. The lowest BCUT2D eigenvalue weighted by atomic mass is 10.0. The van der Waals surface area contributed by atoms with E-state index in [4.69, 9.17) is 22.1 Å². The van der Waals surface area contributed by atoms with Crippen molar-refractivity contribution in [1.82, 2.24) is 0 Å². The van der Waals surface area contributed by atoms with E-state index in [-0.39, 0.29) is 5.82 Å². The summed E-state index contributed by atoms with van der Waals surface area (Å²) >= 11 is 6.06. The van der Waals surface area contributed by atoms with E-state index in [0.717, 1.165) is 5.56 Å². The van der Waals surface area contributed by atoms with Gasteiger partial charge in [-0.1, -0.05) is 11.6 Å². The normalized spacial score (nSPS) is 10.4. The molecule has 2 aromatic rings. The molecule has 0 radical (unpaired) electrons. The Bertz CT molecular complexity index is 572. The van der Waals surface area contributed by atoms with Crippen molar-refractivity contribution in [1.29, 1.82) is 0 Å². The maximum atomic E-state index is 13.3. The topological polar surface area (TPSA) is 35.2 Å². The molecule has 18 heavy (non-hydrogen) atoms. The molecule has 2 aromatic carbocycles. The van der Waals surface area contributed by atoms with E-state index in [2.05, 4.69) is 0 Å². The fourth-order valence-corrected chi connectivity index (χ4v) is 1.97. The molecule has 2 rings (SSSR count). The molecule has 0 atom stereocenters. The molecule has 0 unspecified atom stereocenters. The molecule has 94 valence electrons. The van der Waals surface area contributed by atoms with Crippen molar-refractivity contribution in [2.24, 2.45) is 0 Å². The monoisotopic (exact) mass is 265 g/mol. The Morgan fingerprint density at radius 3 is 2.72 bits per heavy atom. The smallest absolute Gasteiger partial charge is 0.123 e. The van der Waals surface area contributed by atoms with Gasteiger partial charge < -0.3 is 10.5 Å². The summed E-state index contributed by atoms with van der Waals surface area (Å²) in [6, 6.07) is 9.48. The summed E-state index contributed by atoms with van der Waals surface area (Å²) in [6.45, 7) is 2.43.